The van der Waals surface area contributed by atoms with Crippen molar-refractivity contribution in [2.45, 2.75) is 64.1 Å². The molecule has 0 bridgehead atoms. The van der Waals surface area contributed by atoms with E-state index < -0.39 is 0 Å². The van der Waals surface area contributed by atoms with Crippen molar-refractivity contribution in [3.05, 3.63) is 81.8 Å². The first-order valence-electron chi connectivity index (χ1n) is 11.5. The number of pyridine rings is 1. The number of hydrogen-bond acceptors (Lipinski definition) is 2. The standard InChI is InChI=1S/C26H29BrN4S/c1-17-16-20(18(2)30(17)23-14-7-6-12-21(23)27)25-24(22-13-8-9-15-28-22)29-26(32)31(25)19-10-4-3-5-11-19/h6-9,12-16,19,24-25H,3-5,10-11H2,1-2H3,(H,29,32)/t24-,25-/m0/s1. The Morgan fingerprint density at radius 2 is 1.78 bits per heavy atom. The molecule has 1 N–H and O–H groups in total. The molecule has 2 fully saturated rings. The highest BCUT2D eigenvalue weighted by atomic mass is 79.9. The second kappa shape index (κ2) is 8.99. The highest BCUT2D eigenvalue weighted by molar-refractivity contribution is 9.10. The molecule has 2 atom stereocenters. The van der Waals surface area contributed by atoms with Crippen LogP contribution in [0.5, 0.6) is 0 Å². The molecule has 5 rings (SSSR count). The van der Waals surface area contributed by atoms with Gasteiger partial charge in [0.1, 0.15) is 0 Å². The fourth-order valence-corrected chi connectivity index (χ4v) is 6.39. The average molecular weight is 510 g/mol. The summed E-state index contributed by atoms with van der Waals surface area (Å²) in [5.41, 5.74) is 6.02. The molecule has 3 heterocycles. The van der Waals surface area contributed by atoms with Gasteiger partial charge in [0.25, 0.3) is 0 Å². The van der Waals surface area contributed by atoms with E-state index in [0.29, 0.717) is 6.04 Å². The van der Waals surface area contributed by atoms with Crippen molar-refractivity contribution in [3.8, 4) is 5.69 Å². The number of rotatable bonds is 4. The molecule has 6 heteroatoms. The van der Waals surface area contributed by atoms with Crippen LogP contribution in [0.2, 0.25) is 0 Å². The number of para-hydroxylation sites is 1. The van der Waals surface area contributed by atoms with Gasteiger partial charge in [-0.15, -0.1) is 0 Å². The number of nitrogens with zero attached hydrogens (tertiary/aromatic N) is 3. The van der Waals surface area contributed by atoms with Gasteiger partial charge in [0, 0.05) is 28.1 Å². The second-order valence-corrected chi connectivity index (χ2v) is 10.2. The molecule has 0 unspecified atom stereocenters. The van der Waals surface area contributed by atoms with Crippen molar-refractivity contribution in [1.82, 2.24) is 19.8 Å². The number of halogens is 1. The Morgan fingerprint density at radius 1 is 1.03 bits per heavy atom. The van der Waals surface area contributed by atoms with E-state index in [4.69, 9.17) is 17.2 Å². The predicted octanol–water partition coefficient (Wildman–Crippen LogP) is 6.56. The molecule has 1 aliphatic carbocycles. The van der Waals surface area contributed by atoms with E-state index in [1.54, 1.807) is 0 Å². The van der Waals surface area contributed by atoms with Crippen molar-refractivity contribution in [2.75, 3.05) is 0 Å². The lowest BCUT2D eigenvalue weighted by atomic mass is 9.90. The van der Waals surface area contributed by atoms with Crippen LogP contribution in [-0.4, -0.2) is 25.6 Å². The van der Waals surface area contributed by atoms with Gasteiger partial charge in [-0.2, -0.15) is 0 Å². The van der Waals surface area contributed by atoms with Gasteiger partial charge < -0.3 is 14.8 Å². The van der Waals surface area contributed by atoms with Crippen molar-refractivity contribution < 1.29 is 0 Å². The van der Waals surface area contributed by atoms with E-state index in [2.05, 4.69) is 87.0 Å². The van der Waals surface area contributed by atoms with Crippen LogP contribution >= 0.6 is 28.1 Å². The third-order valence-corrected chi connectivity index (χ3v) is 7.98. The third-order valence-electron chi connectivity index (χ3n) is 6.99. The van der Waals surface area contributed by atoms with Gasteiger partial charge in [0.2, 0.25) is 0 Å². The highest BCUT2D eigenvalue weighted by Gasteiger charge is 2.44. The summed E-state index contributed by atoms with van der Waals surface area (Å²) in [4.78, 5) is 7.22. The maximum Gasteiger partial charge on any atom is 0.170 e. The van der Waals surface area contributed by atoms with Gasteiger partial charge in [-0.25, -0.2) is 0 Å². The molecule has 1 saturated carbocycles. The van der Waals surface area contributed by atoms with Crippen LogP contribution in [0.25, 0.3) is 5.69 Å². The highest BCUT2D eigenvalue weighted by Crippen LogP contribution is 2.44. The molecule has 2 aromatic heterocycles. The van der Waals surface area contributed by atoms with Gasteiger partial charge in [-0.3, -0.25) is 4.98 Å². The summed E-state index contributed by atoms with van der Waals surface area (Å²) in [6.07, 6.45) is 8.17. The lowest BCUT2D eigenvalue weighted by Gasteiger charge is -2.37. The minimum absolute atomic E-state index is 0.0405. The second-order valence-electron chi connectivity index (χ2n) is 8.94. The Kier molecular flexibility index (Phi) is 6.08. The molecule has 0 amide bonds. The van der Waals surface area contributed by atoms with Gasteiger partial charge in [0.15, 0.2) is 5.11 Å². The maximum atomic E-state index is 5.95. The molecular weight excluding hydrogens is 480 g/mol. The van der Waals surface area contributed by atoms with Gasteiger partial charge in [-0.05, 0) is 90.7 Å². The number of aromatic nitrogens is 2. The molecule has 2 aliphatic rings. The first kappa shape index (κ1) is 21.7. The summed E-state index contributed by atoms with van der Waals surface area (Å²) >= 11 is 9.70. The van der Waals surface area contributed by atoms with Crippen molar-refractivity contribution in [3.63, 3.8) is 0 Å². The molecule has 0 radical (unpaired) electrons. The molecule has 4 nitrogen and oxygen atoms in total. The molecule has 0 spiro atoms. The van der Waals surface area contributed by atoms with E-state index in [9.17, 15) is 0 Å². The number of benzene rings is 1. The third kappa shape index (κ3) is 3.77. The quantitative estimate of drug-likeness (QED) is 0.404. The summed E-state index contributed by atoms with van der Waals surface area (Å²) in [6, 6.07) is 17.6. The molecule has 1 aromatic carbocycles. The lowest BCUT2D eigenvalue weighted by molar-refractivity contribution is 0.197. The van der Waals surface area contributed by atoms with Crippen LogP contribution in [0.3, 0.4) is 0 Å². The molecule has 32 heavy (non-hydrogen) atoms. The Hall–Kier alpha value is -2.18. The lowest BCUT2D eigenvalue weighted by Crippen LogP contribution is -2.40. The molecular formula is C26H29BrN4S. The summed E-state index contributed by atoms with van der Waals surface area (Å²) in [5, 5.41) is 4.51. The Labute approximate surface area is 204 Å². The summed E-state index contributed by atoms with van der Waals surface area (Å²) in [5.74, 6) is 0. The summed E-state index contributed by atoms with van der Waals surface area (Å²) in [7, 11) is 0. The number of nitrogens with one attached hydrogen (secondary N) is 1. The smallest absolute Gasteiger partial charge is 0.170 e. The van der Waals surface area contributed by atoms with E-state index in [0.717, 1.165) is 15.3 Å². The molecule has 166 valence electrons. The number of thiocarbonyl (C=S) groups is 1. The fourth-order valence-electron chi connectivity index (χ4n) is 5.54. The Morgan fingerprint density at radius 3 is 2.50 bits per heavy atom. The molecule has 3 aromatic rings. The number of aryl methyl sites for hydroxylation is 1. The van der Waals surface area contributed by atoms with Crippen molar-refractivity contribution in [1.29, 1.82) is 0 Å². The monoisotopic (exact) mass is 508 g/mol. The van der Waals surface area contributed by atoms with Crippen LogP contribution in [0, 0.1) is 13.8 Å². The van der Waals surface area contributed by atoms with Crippen LogP contribution in [-0.2, 0) is 0 Å². The van der Waals surface area contributed by atoms with Crippen LogP contribution < -0.4 is 5.32 Å². The average Bonchev–Trinajstić information content (AvgIpc) is 3.31. The fraction of sp³-hybridized carbons (Fsp3) is 0.385. The Balaban J connectivity index is 1.64. The topological polar surface area (TPSA) is 33.1 Å². The SMILES string of the molecule is Cc1cc([C@H]2[C@H](c3ccccn3)NC(=S)N2C2CCCCC2)c(C)n1-c1ccccc1Br. The summed E-state index contributed by atoms with van der Waals surface area (Å²) < 4.78 is 3.45. The van der Waals surface area contributed by atoms with E-state index >= 15 is 0 Å². The molecule has 1 aliphatic heterocycles. The zero-order valence-electron chi connectivity index (χ0n) is 18.6. The maximum absolute atomic E-state index is 5.95. The largest absolute Gasteiger partial charge is 0.352 e. The number of hydrogen-bond donors (Lipinski definition) is 1. The van der Waals surface area contributed by atoms with E-state index in [1.165, 1.54) is 54.7 Å². The zero-order valence-corrected chi connectivity index (χ0v) is 21.0. The van der Waals surface area contributed by atoms with Crippen molar-refractivity contribution >= 4 is 33.3 Å². The minimum Gasteiger partial charge on any atom is -0.352 e. The van der Waals surface area contributed by atoms with E-state index in [1.807, 2.05) is 12.3 Å². The van der Waals surface area contributed by atoms with Gasteiger partial charge in [0.05, 0.1) is 23.5 Å². The zero-order chi connectivity index (χ0) is 22.2. The normalized spacial score (nSPS) is 21.7. The first-order chi connectivity index (χ1) is 15.6. The van der Waals surface area contributed by atoms with Gasteiger partial charge in [-0.1, -0.05) is 37.5 Å². The van der Waals surface area contributed by atoms with Crippen LogP contribution in [0.1, 0.15) is 66.8 Å². The van der Waals surface area contributed by atoms with Crippen LogP contribution in [0.15, 0.2) is 59.2 Å². The Bertz CT molecular complexity index is 1120. The summed E-state index contributed by atoms with van der Waals surface area (Å²) in [6.45, 7) is 4.43. The van der Waals surface area contributed by atoms with E-state index in [-0.39, 0.29) is 12.1 Å². The predicted molar refractivity (Wildman–Crippen MR) is 137 cm³/mol. The van der Waals surface area contributed by atoms with Crippen LogP contribution in [0.4, 0.5) is 0 Å². The minimum atomic E-state index is 0.0405. The van der Waals surface area contributed by atoms with Gasteiger partial charge >= 0.3 is 0 Å². The molecule has 1 saturated heterocycles. The van der Waals surface area contributed by atoms with Crippen molar-refractivity contribution in [2.24, 2.45) is 0 Å². The first-order valence-corrected chi connectivity index (χ1v) is 12.7.